The number of hydrogen-bond acceptors (Lipinski definition) is 2. The Bertz CT molecular complexity index is 1280. The zero-order valence-corrected chi connectivity index (χ0v) is 24.2. The Kier molecular flexibility index (Phi) is 9.48. The molecule has 0 spiro atoms. The van der Waals surface area contributed by atoms with E-state index in [1.54, 1.807) is 0 Å². The molecule has 1 aliphatic rings. The summed E-state index contributed by atoms with van der Waals surface area (Å²) in [4.78, 5) is 8.05. The van der Waals surface area contributed by atoms with Gasteiger partial charge in [0.25, 0.3) is 0 Å². The maximum atomic E-state index is 5.36. The van der Waals surface area contributed by atoms with E-state index in [9.17, 15) is 0 Å². The Morgan fingerprint density at radius 3 is 2.16 bits per heavy atom. The Morgan fingerprint density at radius 2 is 1.47 bits per heavy atom. The molecule has 0 bridgehead atoms. The van der Waals surface area contributed by atoms with Crippen LogP contribution < -0.4 is 0 Å². The molecule has 0 aliphatic heterocycles. The SMILES string of the molecule is CCCCn1c(-c2ccccc2)nc(-c2ccccc2)c1CN(Cc1ccccc1Br)CC1CCCCC1. The van der Waals surface area contributed by atoms with E-state index >= 15 is 0 Å². The van der Waals surface area contributed by atoms with E-state index in [1.165, 1.54) is 59.0 Å². The number of rotatable bonds is 11. The van der Waals surface area contributed by atoms with Gasteiger partial charge in [-0.05, 0) is 36.8 Å². The van der Waals surface area contributed by atoms with Gasteiger partial charge in [-0.15, -0.1) is 0 Å². The van der Waals surface area contributed by atoms with Crippen molar-refractivity contribution in [1.29, 1.82) is 0 Å². The number of halogens is 1. The highest BCUT2D eigenvalue weighted by atomic mass is 79.9. The molecule has 0 amide bonds. The maximum absolute atomic E-state index is 5.36. The largest absolute Gasteiger partial charge is 0.326 e. The van der Waals surface area contributed by atoms with E-state index in [0.29, 0.717) is 0 Å². The first-order valence-electron chi connectivity index (χ1n) is 14.4. The summed E-state index contributed by atoms with van der Waals surface area (Å²) in [5, 5.41) is 0. The van der Waals surface area contributed by atoms with Crippen LogP contribution in [0.5, 0.6) is 0 Å². The Balaban J connectivity index is 1.58. The van der Waals surface area contributed by atoms with Gasteiger partial charge >= 0.3 is 0 Å². The average Bonchev–Trinajstić information content (AvgIpc) is 3.32. The van der Waals surface area contributed by atoms with Crippen LogP contribution in [0.2, 0.25) is 0 Å². The third kappa shape index (κ3) is 6.65. The first-order valence-corrected chi connectivity index (χ1v) is 15.2. The second-order valence-electron chi connectivity index (χ2n) is 10.7. The van der Waals surface area contributed by atoms with Crippen LogP contribution >= 0.6 is 15.9 Å². The summed E-state index contributed by atoms with van der Waals surface area (Å²) in [5.74, 6) is 1.86. The van der Waals surface area contributed by atoms with Gasteiger partial charge in [-0.3, -0.25) is 4.90 Å². The second kappa shape index (κ2) is 13.4. The molecular weight excluding hydrogens is 530 g/mol. The highest BCUT2D eigenvalue weighted by Crippen LogP contribution is 2.33. The highest BCUT2D eigenvalue weighted by molar-refractivity contribution is 9.10. The summed E-state index contributed by atoms with van der Waals surface area (Å²) >= 11 is 3.83. The number of aromatic nitrogens is 2. The summed E-state index contributed by atoms with van der Waals surface area (Å²) < 4.78 is 3.72. The lowest BCUT2D eigenvalue weighted by Gasteiger charge is -2.31. The molecule has 3 aromatic carbocycles. The second-order valence-corrected chi connectivity index (χ2v) is 11.6. The minimum Gasteiger partial charge on any atom is -0.326 e. The van der Waals surface area contributed by atoms with Crippen molar-refractivity contribution in [2.45, 2.75) is 71.5 Å². The average molecular weight is 571 g/mol. The van der Waals surface area contributed by atoms with Gasteiger partial charge in [0.2, 0.25) is 0 Å². The van der Waals surface area contributed by atoms with E-state index in [1.807, 2.05) is 0 Å². The lowest BCUT2D eigenvalue weighted by molar-refractivity contribution is 0.183. The number of hydrogen-bond donors (Lipinski definition) is 0. The van der Waals surface area contributed by atoms with Crippen LogP contribution in [0.4, 0.5) is 0 Å². The molecule has 1 aromatic heterocycles. The zero-order valence-electron chi connectivity index (χ0n) is 22.7. The fourth-order valence-electron chi connectivity index (χ4n) is 5.84. The third-order valence-corrected chi connectivity index (χ3v) is 8.63. The zero-order chi connectivity index (χ0) is 26.2. The molecule has 0 atom stereocenters. The van der Waals surface area contributed by atoms with Gasteiger partial charge in [-0.2, -0.15) is 0 Å². The van der Waals surface area contributed by atoms with Crippen LogP contribution in [0.15, 0.2) is 89.4 Å². The molecule has 198 valence electrons. The van der Waals surface area contributed by atoms with Crippen molar-refractivity contribution < 1.29 is 0 Å². The van der Waals surface area contributed by atoms with E-state index in [-0.39, 0.29) is 0 Å². The molecule has 5 rings (SSSR count). The van der Waals surface area contributed by atoms with Crippen LogP contribution in [-0.4, -0.2) is 21.0 Å². The molecule has 0 N–H and O–H groups in total. The summed E-state index contributed by atoms with van der Waals surface area (Å²) in [6, 6.07) is 30.2. The number of unbranched alkanes of at least 4 members (excludes halogenated alkanes) is 1. The molecule has 0 saturated heterocycles. The van der Waals surface area contributed by atoms with Crippen molar-refractivity contribution in [1.82, 2.24) is 14.5 Å². The Hall–Kier alpha value is -2.69. The minimum absolute atomic E-state index is 0.770. The Labute approximate surface area is 237 Å². The first kappa shape index (κ1) is 26.9. The van der Waals surface area contributed by atoms with Crippen molar-refractivity contribution in [2.75, 3.05) is 6.54 Å². The lowest BCUT2D eigenvalue weighted by atomic mass is 9.89. The molecule has 3 nitrogen and oxygen atoms in total. The smallest absolute Gasteiger partial charge is 0.140 e. The molecule has 1 aliphatic carbocycles. The maximum Gasteiger partial charge on any atom is 0.140 e. The summed E-state index contributed by atoms with van der Waals surface area (Å²) in [6.45, 7) is 6.23. The monoisotopic (exact) mass is 569 g/mol. The van der Waals surface area contributed by atoms with E-state index in [2.05, 4.69) is 117 Å². The van der Waals surface area contributed by atoms with Gasteiger partial charge in [0.1, 0.15) is 5.82 Å². The first-order chi connectivity index (χ1) is 18.7. The molecule has 0 radical (unpaired) electrons. The van der Waals surface area contributed by atoms with Crippen molar-refractivity contribution in [2.24, 2.45) is 5.92 Å². The van der Waals surface area contributed by atoms with Crippen molar-refractivity contribution in [3.63, 3.8) is 0 Å². The highest BCUT2D eigenvalue weighted by Gasteiger charge is 2.24. The van der Waals surface area contributed by atoms with Crippen molar-refractivity contribution in [3.8, 4) is 22.6 Å². The molecule has 4 aromatic rings. The van der Waals surface area contributed by atoms with Crippen molar-refractivity contribution in [3.05, 3.63) is 101 Å². The molecule has 1 heterocycles. The minimum atomic E-state index is 0.770. The van der Waals surface area contributed by atoms with Crippen LogP contribution in [0.3, 0.4) is 0 Å². The number of benzene rings is 3. The van der Waals surface area contributed by atoms with Gasteiger partial charge in [0, 0.05) is 41.8 Å². The molecule has 4 heteroatoms. The predicted octanol–water partition coefficient (Wildman–Crippen LogP) is 9.36. The predicted molar refractivity (Wildman–Crippen MR) is 163 cm³/mol. The lowest BCUT2D eigenvalue weighted by Crippen LogP contribution is -2.31. The summed E-state index contributed by atoms with van der Waals surface area (Å²) in [7, 11) is 0. The standard InChI is InChI=1S/C34H40BrN3/c1-2-3-23-38-32(33(28-17-9-5-10-18-28)36-34(38)29-19-11-6-12-20-29)26-37(24-27-15-7-4-8-16-27)25-30-21-13-14-22-31(30)35/h5-6,9-14,17-22,27H,2-4,7-8,15-16,23-26H2,1H3. The third-order valence-electron chi connectivity index (χ3n) is 7.85. The van der Waals surface area contributed by atoms with Gasteiger partial charge in [-0.1, -0.05) is 127 Å². The van der Waals surface area contributed by atoms with Gasteiger partial charge < -0.3 is 4.57 Å². The molecular formula is C34H40BrN3. The number of imidazole rings is 1. The van der Waals surface area contributed by atoms with Crippen molar-refractivity contribution >= 4 is 15.9 Å². The Morgan fingerprint density at radius 1 is 0.816 bits per heavy atom. The van der Waals surface area contributed by atoms with Crippen LogP contribution in [-0.2, 0) is 19.6 Å². The fraction of sp³-hybridized carbons (Fsp3) is 0.382. The van der Waals surface area contributed by atoms with Crippen LogP contribution in [0, 0.1) is 5.92 Å². The molecule has 1 saturated carbocycles. The summed E-state index contributed by atoms with van der Waals surface area (Å²) in [5.41, 5.74) is 6.21. The topological polar surface area (TPSA) is 21.1 Å². The number of nitrogens with zero attached hydrogens (tertiary/aromatic N) is 3. The van der Waals surface area contributed by atoms with Crippen LogP contribution in [0.1, 0.15) is 63.1 Å². The quantitative estimate of drug-likeness (QED) is 0.179. The molecule has 0 unspecified atom stereocenters. The van der Waals surface area contributed by atoms with Gasteiger partial charge in [-0.25, -0.2) is 4.98 Å². The normalized spacial score (nSPS) is 14.3. The van der Waals surface area contributed by atoms with Gasteiger partial charge in [0.15, 0.2) is 0 Å². The van der Waals surface area contributed by atoms with Gasteiger partial charge in [0.05, 0.1) is 11.4 Å². The van der Waals surface area contributed by atoms with E-state index in [4.69, 9.17) is 4.98 Å². The fourth-order valence-corrected chi connectivity index (χ4v) is 6.25. The molecule has 38 heavy (non-hydrogen) atoms. The van der Waals surface area contributed by atoms with E-state index < -0.39 is 0 Å². The van der Waals surface area contributed by atoms with E-state index in [0.717, 1.165) is 56.5 Å². The summed E-state index contributed by atoms with van der Waals surface area (Å²) in [6.07, 6.45) is 9.14. The van der Waals surface area contributed by atoms with Crippen LogP contribution in [0.25, 0.3) is 22.6 Å². The molecule has 1 fully saturated rings.